The molecule has 1 atom stereocenters. The lowest BCUT2D eigenvalue weighted by atomic mass is 10.2. The average Bonchev–Trinajstić information content (AvgIpc) is 2.69. The summed E-state index contributed by atoms with van der Waals surface area (Å²) >= 11 is 0. The topological polar surface area (TPSA) is 105 Å². The molecule has 2 aromatic heterocycles. The third kappa shape index (κ3) is 4.64. The van der Waals surface area contributed by atoms with Gasteiger partial charge in [0, 0.05) is 37.1 Å². The van der Waals surface area contributed by atoms with E-state index in [4.69, 9.17) is 0 Å². The van der Waals surface area contributed by atoms with E-state index < -0.39 is 16.1 Å². The SMILES string of the molecule is C[C@@H](C(=O)Nc1ccc(S(=O)(=O)Nc2ncccn2)cc1)[n+]1ccccc1. The second kappa shape index (κ2) is 7.92. The summed E-state index contributed by atoms with van der Waals surface area (Å²) in [5.41, 5.74) is 0.498. The number of aromatic nitrogens is 3. The molecule has 2 heterocycles. The van der Waals surface area contributed by atoms with Crippen LogP contribution in [0.25, 0.3) is 0 Å². The number of hydrogen-bond acceptors (Lipinski definition) is 5. The highest BCUT2D eigenvalue weighted by molar-refractivity contribution is 7.92. The van der Waals surface area contributed by atoms with Crippen LogP contribution >= 0.6 is 0 Å². The fraction of sp³-hybridized carbons (Fsp3) is 0.111. The molecule has 3 aromatic rings. The number of anilines is 2. The van der Waals surface area contributed by atoms with Gasteiger partial charge in [-0.3, -0.25) is 4.79 Å². The number of amides is 1. The quantitative estimate of drug-likeness (QED) is 0.630. The number of carbonyl (C=O) groups excluding carboxylic acids is 1. The van der Waals surface area contributed by atoms with E-state index in [0.717, 1.165) is 0 Å². The van der Waals surface area contributed by atoms with Gasteiger partial charge >= 0.3 is 0 Å². The monoisotopic (exact) mass is 384 g/mol. The maximum Gasteiger partial charge on any atom is 0.293 e. The molecule has 8 nitrogen and oxygen atoms in total. The molecule has 0 fully saturated rings. The first-order valence-electron chi connectivity index (χ1n) is 8.12. The van der Waals surface area contributed by atoms with E-state index in [0.29, 0.717) is 5.69 Å². The molecule has 0 saturated carbocycles. The van der Waals surface area contributed by atoms with Crippen molar-refractivity contribution in [2.75, 3.05) is 10.0 Å². The Hall–Kier alpha value is -3.33. The Morgan fingerprint density at radius 2 is 1.63 bits per heavy atom. The minimum Gasteiger partial charge on any atom is -0.320 e. The van der Waals surface area contributed by atoms with E-state index in [1.54, 1.807) is 30.0 Å². The molecule has 3 rings (SSSR count). The Kier molecular flexibility index (Phi) is 5.41. The van der Waals surface area contributed by atoms with Crippen LogP contribution in [0.2, 0.25) is 0 Å². The van der Waals surface area contributed by atoms with Gasteiger partial charge < -0.3 is 5.32 Å². The molecule has 1 amide bonds. The molecule has 0 spiro atoms. The van der Waals surface area contributed by atoms with Gasteiger partial charge in [-0.1, -0.05) is 6.07 Å². The molecule has 138 valence electrons. The Balaban J connectivity index is 1.69. The fourth-order valence-corrected chi connectivity index (χ4v) is 3.26. The van der Waals surface area contributed by atoms with Crippen LogP contribution in [0, 0.1) is 0 Å². The Morgan fingerprint density at radius 1 is 1.00 bits per heavy atom. The number of nitrogens with zero attached hydrogens (tertiary/aromatic N) is 3. The zero-order chi connectivity index (χ0) is 19.3. The highest BCUT2D eigenvalue weighted by Gasteiger charge is 2.22. The van der Waals surface area contributed by atoms with Gasteiger partial charge in [-0.25, -0.2) is 23.1 Å². The predicted molar refractivity (Wildman–Crippen MR) is 99.3 cm³/mol. The smallest absolute Gasteiger partial charge is 0.293 e. The van der Waals surface area contributed by atoms with Crippen LogP contribution in [-0.2, 0) is 14.8 Å². The van der Waals surface area contributed by atoms with Gasteiger partial charge in [0.2, 0.25) is 12.0 Å². The van der Waals surface area contributed by atoms with Gasteiger partial charge in [0.05, 0.1) is 4.90 Å². The maximum atomic E-state index is 12.4. The van der Waals surface area contributed by atoms with Crippen LogP contribution in [0.15, 0.2) is 78.2 Å². The summed E-state index contributed by atoms with van der Waals surface area (Å²) in [6.07, 6.45) is 6.49. The third-order valence-corrected chi connectivity index (χ3v) is 5.13. The third-order valence-electron chi connectivity index (χ3n) is 3.79. The van der Waals surface area contributed by atoms with Gasteiger partial charge in [0.15, 0.2) is 12.4 Å². The summed E-state index contributed by atoms with van der Waals surface area (Å²) < 4.78 is 28.8. The second-order valence-electron chi connectivity index (χ2n) is 5.69. The average molecular weight is 384 g/mol. The van der Waals surface area contributed by atoms with Crippen molar-refractivity contribution in [2.45, 2.75) is 17.9 Å². The predicted octanol–water partition coefficient (Wildman–Crippen LogP) is 1.76. The molecule has 0 saturated heterocycles. The van der Waals surface area contributed by atoms with Crippen LogP contribution in [0.3, 0.4) is 0 Å². The van der Waals surface area contributed by atoms with Crippen molar-refractivity contribution in [3.63, 3.8) is 0 Å². The molecule has 9 heteroatoms. The summed E-state index contributed by atoms with van der Waals surface area (Å²) in [5, 5.41) is 2.77. The van der Waals surface area contributed by atoms with Crippen molar-refractivity contribution in [3.05, 3.63) is 73.3 Å². The molecule has 0 aliphatic carbocycles. The summed E-state index contributed by atoms with van der Waals surface area (Å²) in [5.74, 6) is -0.221. The van der Waals surface area contributed by atoms with Crippen molar-refractivity contribution < 1.29 is 17.8 Å². The van der Waals surface area contributed by atoms with Crippen LogP contribution in [-0.4, -0.2) is 24.3 Å². The van der Waals surface area contributed by atoms with Crippen molar-refractivity contribution in [3.8, 4) is 0 Å². The van der Waals surface area contributed by atoms with Crippen molar-refractivity contribution in [1.29, 1.82) is 0 Å². The largest absolute Gasteiger partial charge is 0.320 e. The molecular formula is C18H18N5O3S+. The molecule has 0 aliphatic heterocycles. The van der Waals surface area contributed by atoms with Crippen LogP contribution < -0.4 is 14.6 Å². The van der Waals surface area contributed by atoms with Crippen LogP contribution in [0.5, 0.6) is 0 Å². The molecule has 27 heavy (non-hydrogen) atoms. The number of pyridine rings is 1. The first kappa shape index (κ1) is 18.5. The lowest BCUT2D eigenvalue weighted by Crippen LogP contribution is -2.43. The number of benzene rings is 1. The Morgan fingerprint density at radius 3 is 2.26 bits per heavy atom. The lowest BCUT2D eigenvalue weighted by Gasteiger charge is -2.10. The molecular weight excluding hydrogens is 366 g/mol. The molecule has 0 bridgehead atoms. The van der Waals surface area contributed by atoms with Gasteiger partial charge in [-0.15, -0.1) is 0 Å². The highest BCUT2D eigenvalue weighted by atomic mass is 32.2. The Labute approximate surface area is 157 Å². The number of rotatable bonds is 6. The van der Waals surface area contributed by atoms with Gasteiger partial charge in [-0.05, 0) is 30.3 Å². The van der Waals surface area contributed by atoms with Gasteiger partial charge in [-0.2, -0.15) is 4.57 Å². The van der Waals surface area contributed by atoms with E-state index in [1.165, 1.54) is 36.7 Å². The summed E-state index contributed by atoms with van der Waals surface area (Å²) in [6.45, 7) is 1.78. The van der Waals surface area contributed by atoms with Crippen molar-refractivity contribution >= 4 is 27.6 Å². The molecule has 0 radical (unpaired) electrons. The summed E-state index contributed by atoms with van der Waals surface area (Å²) in [6, 6.07) is 12.6. The minimum absolute atomic E-state index is 0.0106. The normalized spacial score (nSPS) is 12.2. The van der Waals surface area contributed by atoms with Crippen molar-refractivity contribution in [2.24, 2.45) is 0 Å². The number of nitrogens with one attached hydrogen (secondary N) is 2. The maximum absolute atomic E-state index is 12.4. The van der Waals surface area contributed by atoms with E-state index in [-0.39, 0.29) is 16.8 Å². The standard InChI is InChI=1S/C18H17N5O3S/c1-14(23-12-3-2-4-13-23)17(24)21-15-6-8-16(9-7-15)27(25,26)22-18-19-10-5-11-20-18/h2-14H,1H3,(H-,19,20,21,22,24)/p+1/t14-/m0/s1. The Bertz CT molecular complexity index is 1010. The minimum atomic E-state index is -3.81. The molecule has 0 unspecified atom stereocenters. The van der Waals surface area contributed by atoms with Crippen LogP contribution in [0.4, 0.5) is 11.6 Å². The van der Waals surface area contributed by atoms with Gasteiger partial charge in [0.25, 0.3) is 15.9 Å². The fourth-order valence-electron chi connectivity index (χ4n) is 2.30. The zero-order valence-electron chi connectivity index (χ0n) is 14.5. The second-order valence-corrected chi connectivity index (χ2v) is 7.37. The summed E-state index contributed by atoms with van der Waals surface area (Å²) in [4.78, 5) is 20.1. The number of sulfonamides is 1. The zero-order valence-corrected chi connectivity index (χ0v) is 15.3. The molecule has 0 aliphatic rings. The van der Waals surface area contributed by atoms with Crippen LogP contribution in [0.1, 0.15) is 13.0 Å². The summed E-state index contributed by atoms with van der Waals surface area (Å²) in [7, 11) is -3.81. The molecule has 2 N–H and O–H groups in total. The number of hydrogen-bond donors (Lipinski definition) is 2. The first-order valence-corrected chi connectivity index (χ1v) is 9.60. The van der Waals surface area contributed by atoms with Gasteiger partial charge in [0.1, 0.15) is 0 Å². The molecule has 1 aromatic carbocycles. The first-order chi connectivity index (χ1) is 13.0. The number of carbonyl (C=O) groups is 1. The van der Waals surface area contributed by atoms with Crippen molar-refractivity contribution in [1.82, 2.24) is 9.97 Å². The van der Waals surface area contributed by atoms with E-state index in [2.05, 4.69) is 20.0 Å². The lowest BCUT2D eigenvalue weighted by molar-refractivity contribution is -0.705. The van der Waals surface area contributed by atoms with E-state index in [9.17, 15) is 13.2 Å². The van der Waals surface area contributed by atoms with E-state index >= 15 is 0 Å². The van der Waals surface area contributed by atoms with E-state index in [1.807, 2.05) is 18.2 Å². The highest BCUT2D eigenvalue weighted by Crippen LogP contribution is 2.17.